The predicted octanol–water partition coefficient (Wildman–Crippen LogP) is 4.76. The summed E-state index contributed by atoms with van der Waals surface area (Å²) in [4.78, 5) is 20.2. The van der Waals surface area contributed by atoms with Gasteiger partial charge in [-0.05, 0) is 25.7 Å². The van der Waals surface area contributed by atoms with E-state index in [1.807, 2.05) is 0 Å². The van der Waals surface area contributed by atoms with Crippen LogP contribution in [0.25, 0.3) is 0 Å². The monoisotopic (exact) mass is 442 g/mol. The molecule has 0 aliphatic carbocycles. The van der Waals surface area contributed by atoms with Gasteiger partial charge in [0.25, 0.3) is 0 Å². The average Bonchev–Trinajstić information content (AvgIpc) is 2.65. The normalized spacial score (nSPS) is 9.67. The molecule has 0 aromatic heterocycles. The van der Waals surface area contributed by atoms with E-state index >= 15 is 0 Å². The number of carbonyl (C=O) groups is 2. The number of carbonyl (C=O) groups excluding carboxylic acids is 2. The van der Waals surface area contributed by atoms with E-state index in [1.54, 1.807) is 0 Å². The summed E-state index contributed by atoms with van der Waals surface area (Å²) in [6, 6.07) is 0. The minimum absolute atomic E-state index is 0. The van der Waals surface area contributed by atoms with Gasteiger partial charge in [0.1, 0.15) is 0 Å². The molecule has 30 heavy (non-hydrogen) atoms. The molecular weight excluding hydrogens is 395 g/mol. The smallest absolute Gasteiger partial charge is 0.870 e. The zero-order valence-corrected chi connectivity index (χ0v) is 21.0. The Morgan fingerprint density at radius 1 is 0.467 bits per heavy atom. The Morgan fingerprint density at radius 3 is 0.867 bits per heavy atom. The largest absolute Gasteiger partial charge is 3.00 e. The molecule has 0 bridgehead atoms. The summed E-state index contributed by atoms with van der Waals surface area (Å²) < 4.78 is 0. The molecule has 0 saturated carbocycles. The van der Waals surface area contributed by atoms with Crippen molar-refractivity contribution >= 4 is 29.3 Å². The van der Waals surface area contributed by atoms with Crippen LogP contribution < -0.4 is 10.2 Å². The van der Waals surface area contributed by atoms with E-state index in [9.17, 15) is 19.8 Å². The van der Waals surface area contributed by atoms with Crippen LogP contribution in [-0.2, 0) is 9.59 Å². The maximum Gasteiger partial charge on any atom is 3.00 e. The second-order valence-corrected chi connectivity index (χ2v) is 7.90. The van der Waals surface area contributed by atoms with Crippen LogP contribution >= 0.6 is 0 Å². The summed E-state index contributed by atoms with van der Waals surface area (Å²) in [5.41, 5.74) is 0. The van der Waals surface area contributed by atoms with E-state index < -0.39 is 11.9 Å². The molecule has 0 aromatic carbocycles. The molecule has 0 aliphatic heterocycles. The third-order valence-electron chi connectivity index (χ3n) is 4.97. The van der Waals surface area contributed by atoms with Crippen LogP contribution in [0.5, 0.6) is 0 Å². The Bertz CT molecular complexity index is 306. The van der Waals surface area contributed by atoms with E-state index in [0.717, 1.165) is 25.7 Å². The zero-order chi connectivity index (χ0) is 21.3. The number of carboxylic acid groups (broad SMARTS) is 2. The number of hydrogen-bond donors (Lipinski definition) is 0. The van der Waals surface area contributed by atoms with Gasteiger partial charge in [0.15, 0.2) is 0 Å². The van der Waals surface area contributed by atoms with Gasteiger partial charge < -0.3 is 25.3 Å². The van der Waals surface area contributed by atoms with Crippen molar-refractivity contribution < 1.29 is 25.3 Å². The van der Waals surface area contributed by atoms with Crippen LogP contribution in [0, 0.1) is 0 Å². The number of rotatable bonds is 20. The van der Waals surface area contributed by atoms with E-state index in [0.29, 0.717) is 0 Å². The molecule has 0 aliphatic rings. The Balaban J connectivity index is -0.000000211. The molecule has 0 heterocycles. The van der Waals surface area contributed by atoms with E-state index in [-0.39, 0.29) is 35.7 Å². The minimum Gasteiger partial charge on any atom is -0.870 e. The van der Waals surface area contributed by atoms with Crippen LogP contribution in [0.2, 0.25) is 0 Å². The summed E-state index contributed by atoms with van der Waals surface area (Å²) in [5.74, 6) is -1.82. The topological polar surface area (TPSA) is 110 Å². The Kier molecular flexibility index (Phi) is 40.6. The third-order valence-corrected chi connectivity index (χ3v) is 4.97. The van der Waals surface area contributed by atoms with Gasteiger partial charge in [-0.15, -0.1) is 0 Å². The molecule has 0 radical (unpaired) electrons. The van der Waals surface area contributed by atoms with E-state index in [2.05, 4.69) is 13.8 Å². The zero-order valence-electron chi connectivity index (χ0n) is 19.8. The fourth-order valence-corrected chi connectivity index (χ4v) is 3.16. The fraction of sp³-hybridized carbons (Fsp3) is 0.917. The van der Waals surface area contributed by atoms with Gasteiger partial charge in [0.2, 0.25) is 0 Å². The van der Waals surface area contributed by atoms with Gasteiger partial charge in [-0.1, -0.05) is 117 Å². The first-order chi connectivity index (χ1) is 13.5. The first-order valence-electron chi connectivity index (χ1n) is 11.9. The van der Waals surface area contributed by atoms with Crippen LogP contribution in [-0.4, -0.2) is 34.8 Å². The van der Waals surface area contributed by atoms with Gasteiger partial charge in [0, 0.05) is 11.9 Å². The van der Waals surface area contributed by atoms with Gasteiger partial charge in [-0.25, -0.2) is 0 Å². The molecule has 0 amide bonds. The fourth-order valence-electron chi connectivity index (χ4n) is 3.16. The van der Waals surface area contributed by atoms with Gasteiger partial charge in [-0.2, -0.15) is 0 Å². The van der Waals surface area contributed by atoms with Crippen LogP contribution in [0.1, 0.15) is 142 Å². The molecule has 5 nitrogen and oxygen atoms in total. The SMILES string of the molecule is CCCCCCCCCCCC(=O)[O-].CCCCCCCCCCCC(=O)[O-].[Al+3].[OH-]. The van der Waals surface area contributed by atoms with Crippen molar-refractivity contribution in [2.75, 3.05) is 0 Å². The molecule has 0 atom stereocenters. The number of unbranched alkanes of at least 4 members (excludes halogenated alkanes) is 16. The number of carboxylic acids is 2. The van der Waals surface area contributed by atoms with Crippen molar-refractivity contribution in [1.82, 2.24) is 0 Å². The molecule has 6 heteroatoms. The first kappa shape index (κ1) is 36.8. The molecule has 176 valence electrons. The second-order valence-electron chi connectivity index (χ2n) is 7.90. The van der Waals surface area contributed by atoms with Crippen molar-refractivity contribution in [2.24, 2.45) is 0 Å². The molecule has 0 saturated heterocycles. The van der Waals surface area contributed by atoms with E-state index in [4.69, 9.17) is 0 Å². The minimum atomic E-state index is -0.909. The quantitative estimate of drug-likeness (QED) is 0.199. The molecule has 0 fully saturated rings. The summed E-state index contributed by atoms with van der Waals surface area (Å²) in [5, 5.41) is 20.2. The van der Waals surface area contributed by atoms with Crippen molar-refractivity contribution in [3.05, 3.63) is 0 Å². The number of aliphatic carboxylic acids is 2. The van der Waals surface area contributed by atoms with Gasteiger partial charge in [-0.3, -0.25) is 0 Å². The molecule has 0 spiro atoms. The standard InChI is InChI=1S/2C12H24O2.Al.H2O/c2*1-2-3-4-5-6-7-8-9-10-11-12(13)14;;/h2*2-11H2,1H3,(H,13,14);;1H2/q;;+3;/p-3. The van der Waals surface area contributed by atoms with Crippen molar-refractivity contribution in [1.29, 1.82) is 0 Å². The average molecular weight is 443 g/mol. The van der Waals surface area contributed by atoms with Crippen LogP contribution in [0.3, 0.4) is 0 Å². The van der Waals surface area contributed by atoms with E-state index in [1.165, 1.54) is 89.9 Å². The summed E-state index contributed by atoms with van der Waals surface area (Å²) in [6.45, 7) is 4.44. The molecule has 1 N–H and O–H groups in total. The molecule has 0 rings (SSSR count). The second kappa shape index (κ2) is 33.1. The Labute approximate surface area is 196 Å². The Hall–Kier alpha value is -0.568. The first-order valence-corrected chi connectivity index (χ1v) is 11.9. The van der Waals surface area contributed by atoms with Crippen molar-refractivity contribution in [3.8, 4) is 0 Å². The summed E-state index contributed by atoms with van der Waals surface area (Å²) in [7, 11) is 0. The Morgan fingerprint density at radius 2 is 0.667 bits per heavy atom. The third kappa shape index (κ3) is 41.7. The molecule has 0 aromatic rings. The molecular formula is C24H47AlO5. The van der Waals surface area contributed by atoms with Gasteiger partial charge >= 0.3 is 17.4 Å². The number of hydrogen-bond acceptors (Lipinski definition) is 5. The van der Waals surface area contributed by atoms with Gasteiger partial charge in [0.05, 0.1) is 0 Å². The summed E-state index contributed by atoms with van der Waals surface area (Å²) in [6.07, 6.45) is 22.3. The predicted molar refractivity (Wildman–Crippen MR) is 121 cm³/mol. The maximum atomic E-state index is 10.1. The van der Waals surface area contributed by atoms with Crippen molar-refractivity contribution in [2.45, 2.75) is 142 Å². The molecule has 0 unspecified atom stereocenters. The maximum absolute atomic E-state index is 10.1. The summed E-state index contributed by atoms with van der Waals surface area (Å²) >= 11 is 0. The van der Waals surface area contributed by atoms with Crippen LogP contribution in [0.15, 0.2) is 0 Å². The van der Waals surface area contributed by atoms with Crippen molar-refractivity contribution in [3.63, 3.8) is 0 Å². The van der Waals surface area contributed by atoms with Crippen LogP contribution in [0.4, 0.5) is 0 Å².